The molecule has 0 aliphatic rings. The van der Waals surface area contributed by atoms with Gasteiger partial charge in [0, 0.05) is 18.0 Å². The molecule has 0 aliphatic heterocycles. The van der Waals surface area contributed by atoms with E-state index in [-0.39, 0.29) is 17.6 Å². The van der Waals surface area contributed by atoms with Gasteiger partial charge in [-0.3, -0.25) is 9.59 Å². The van der Waals surface area contributed by atoms with Crippen LogP contribution < -0.4 is 10.6 Å². The third kappa shape index (κ3) is 9.24. The van der Waals surface area contributed by atoms with E-state index in [1.165, 1.54) is 0 Å². The number of ether oxygens (including phenoxy) is 1. The van der Waals surface area contributed by atoms with E-state index in [1.807, 2.05) is 74.5 Å². The molecule has 0 saturated heterocycles. The summed E-state index contributed by atoms with van der Waals surface area (Å²) in [5.74, 6) is -0.653. The highest BCUT2D eigenvalue weighted by Gasteiger charge is 2.36. The van der Waals surface area contributed by atoms with Gasteiger partial charge in [0.05, 0.1) is 0 Å². The van der Waals surface area contributed by atoms with Crippen molar-refractivity contribution in [3.63, 3.8) is 0 Å². The summed E-state index contributed by atoms with van der Waals surface area (Å²) in [6.07, 6.45) is 2.99. The molecule has 0 fully saturated rings. The van der Waals surface area contributed by atoms with Crippen LogP contribution in [0.15, 0.2) is 60.7 Å². The molecule has 3 aromatic carbocycles. The Balaban J connectivity index is 2.03. The summed E-state index contributed by atoms with van der Waals surface area (Å²) in [5, 5.41) is 7.84. The van der Waals surface area contributed by atoms with Crippen molar-refractivity contribution in [2.45, 2.75) is 84.9 Å². The molecule has 2 unspecified atom stereocenters. The average Bonchev–Trinajstić information content (AvgIpc) is 2.93. The third-order valence-electron chi connectivity index (χ3n) is 7.01. The molecule has 3 aromatic rings. The number of unbranched alkanes of at least 4 members (excludes halogenated alkanes) is 3. The zero-order chi connectivity index (χ0) is 30.9. The molecule has 0 aromatic heterocycles. The molecule has 0 radical (unpaired) electrons. The Labute approximate surface area is 255 Å². The normalized spacial score (nSPS) is 12.8. The van der Waals surface area contributed by atoms with Crippen molar-refractivity contribution in [1.82, 2.24) is 10.2 Å². The standard InChI is InChI=1S/C34H45N3O4S/c1-7-8-9-12-19-37(32(39)29(22-42)36-33(40)41-34(4,5)6)30(28-20-23(2)15-16-24(28)3)31(38)35-27-18-17-25-13-10-11-14-26(25)21-27/h10-11,13-18,20-21,29-30,42H,7-9,12,19,22H2,1-6H3,(H,35,38)(H,36,40). The maximum absolute atomic E-state index is 14.2. The van der Waals surface area contributed by atoms with Crippen LogP contribution in [0.25, 0.3) is 10.8 Å². The highest BCUT2D eigenvalue weighted by molar-refractivity contribution is 7.80. The first-order valence-electron chi connectivity index (χ1n) is 14.7. The van der Waals surface area contributed by atoms with Crippen LogP contribution in [0.3, 0.4) is 0 Å². The van der Waals surface area contributed by atoms with Crippen LogP contribution >= 0.6 is 12.6 Å². The van der Waals surface area contributed by atoms with Gasteiger partial charge in [-0.25, -0.2) is 4.79 Å². The Morgan fingerprint density at radius 2 is 1.64 bits per heavy atom. The Morgan fingerprint density at radius 1 is 0.929 bits per heavy atom. The smallest absolute Gasteiger partial charge is 0.408 e. The van der Waals surface area contributed by atoms with E-state index in [2.05, 4.69) is 30.2 Å². The lowest BCUT2D eigenvalue weighted by atomic mass is 9.95. The van der Waals surface area contributed by atoms with Gasteiger partial charge in [-0.05, 0) is 75.1 Å². The second-order valence-electron chi connectivity index (χ2n) is 11.8. The summed E-state index contributed by atoms with van der Waals surface area (Å²) < 4.78 is 5.42. The largest absolute Gasteiger partial charge is 0.444 e. The predicted molar refractivity (Wildman–Crippen MR) is 174 cm³/mol. The molecular formula is C34H45N3O4S. The zero-order valence-corrected chi connectivity index (χ0v) is 26.6. The van der Waals surface area contributed by atoms with Gasteiger partial charge in [-0.15, -0.1) is 0 Å². The van der Waals surface area contributed by atoms with E-state index in [4.69, 9.17) is 4.74 Å². The number of aryl methyl sites for hydroxylation is 2. The predicted octanol–water partition coefficient (Wildman–Crippen LogP) is 7.37. The molecule has 8 heteroatoms. The Hall–Kier alpha value is -3.52. The first-order valence-corrected chi connectivity index (χ1v) is 15.3. The van der Waals surface area contributed by atoms with Crippen LogP contribution in [0.1, 0.15) is 76.1 Å². The zero-order valence-electron chi connectivity index (χ0n) is 25.7. The van der Waals surface area contributed by atoms with Gasteiger partial charge in [0.1, 0.15) is 17.7 Å². The number of fused-ring (bicyclic) bond motifs is 1. The molecule has 2 N–H and O–H groups in total. The summed E-state index contributed by atoms with van der Waals surface area (Å²) in [5.41, 5.74) is 2.54. The minimum atomic E-state index is -0.976. The number of nitrogens with zero attached hydrogens (tertiary/aromatic N) is 1. The van der Waals surface area contributed by atoms with Crippen molar-refractivity contribution in [3.8, 4) is 0 Å². The molecule has 0 heterocycles. The minimum Gasteiger partial charge on any atom is -0.444 e. The van der Waals surface area contributed by atoms with Crippen LogP contribution in [0.5, 0.6) is 0 Å². The first kappa shape index (κ1) is 33.0. The Morgan fingerprint density at radius 3 is 2.31 bits per heavy atom. The molecule has 3 amide bonds. The Kier molecular flexibility index (Phi) is 11.9. The van der Waals surface area contributed by atoms with E-state index in [0.29, 0.717) is 12.2 Å². The highest BCUT2D eigenvalue weighted by Crippen LogP contribution is 2.29. The lowest BCUT2D eigenvalue weighted by molar-refractivity contribution is -0.140. The quantitative estimate of drug-likeness (QED) is 0.152. The van der Waals surface area contributed by atoms with Crippen LogP contribution in [-0.4, -0.2) is 46.7 Å². The van der Waals surface area contributed by atoms with Crippen LogP contribution in [0, 0.1) is 13.8 Å². The molecule has 3 rings (SSSR count). The number of anilines is 1. The summed E-state index contributed by atoms with van der Waals surface area (Å²) in [6.45, 7) is 11.7. The summed E-state index contributed by atoms with van der Waals surface area (Å²) in [6, 6.07) is 17.7. The minimum absolute atomic E-state index is 0.0509. The summed E-state index contributed by atoms with van der Waals surface area (Å²) in [4.78, 5) is 42.7. The molecule has 7 nitrogen and oxygen atoms in total. The maximum Gasteiger partial charge on any atom is 0.408 e. The van der Waals surface area contributed by atoms with E-state index in [1.54, 1.807) is 25.7 Å². The van der Waals surface area contributed by atoms with Crippen LogP contribution in [0.2, 0.25) is 0 Å². The van der Waals surface area contributed by atoms with Crippen LogP contribution in [-0.2, 0) is 14.3 Å². The fourth-order valence-corrected chi connectivity index (χ4v) is 5.14. The van der Waals surface area contributed by atoms with Crippen LogP contribution in [0.4, 0.5) is 10.5 Å². The van der Waals surface area contributed by atoms with E-state index < -0.39 is 23.8 Å². The SMILES string of the molecule is CCCCCCN(C(=O)C(CS)NC(=O)OC(C)(C)C)C(C(=O)Nc1ccc2ccccc2c1)c1cc(C)ccc1C. The number of thiol groups is 1. The average molecular weight is 592 g/mol. The molecule has 0 saturated carbocycles. The van der Waals surface area contributed by atoms with Crippen molar-refractivity contribution in [3.05, 3.63) is 77.4 Å². The molecule has 226 valence electrons. The topological polar surface area (TPSA) is 87.7 Å². The lowest BCUT2D eigenvalue weighted by Crippen LogP contribution is -2.53. The van der Waals surface area contributed by atoms with Gasteiger partial charge < -0.3 is 20.3 Å². The fraction of sp³-hybridized carbons (Fsp3) is 0.441. The van der Waals surface area contributed by atoms with E-state index >= 15 is 0 Å². The third-order valence-corrected chi connectivity index (χ3v) is 7.38. The van der Waals surface area contributed by atoms with E-state index in [0.717, 1.165) is 53.1 Å². The van der Waals surface area contributed by atoms with Crippen molar-refractivity contribution < 1.29 is 19.1 Å². The van der Waals surface area contributed by atoms with Gasteiger partial charge in [0.25, 0.3) is 5.91 Å². The molecule has 42 heavy (non-hydrogen) atoms. The molecule has 0 aliphatic carbocycles. The number of rotatable bonds is 12. The number of carbonyl (C=O) groups is 3. The molecule has 0 spiro atoms. The van der Waals surface area contributed by atoms with Crippen molar-refractivity contribution in [2.75, 3.05) is 17.6 Å². The number of hydrogen-bond donors (Lipinski definition) is 3. The number of hydrogen-bond acceptors (Lipinski definition) is 5. The number of benzene rings is 3. The molecule has 0 bridgehead atoms. The summed E-state index contributed by atoms with van der Waals surface area (Å²) in [7, 11) is 0. The number of alkyl carbamates (subject to hydrolysis) is 1. The number of amides is 3. The van der Waals surface area contributed by atoms with Gasteiger partial charge >= 0.3 is 6.09 Å². The second kappa shape index (κ2) is 15.1. The van der Waals surface area contributed by atoms with Gasteiger partial charge in [0.2, 0.25) is 5.91 Å². The van der Waals surface area contributed by atoms with Gasteiger partial charge in [-0.1, -0.05) is 80.3 Å². The Bertz CT molecular complexity index is 1380. The van der Waals surface area contributed by atoms with E-state index in [9.17, 15) is 14.4 Å². The first-order chi connectivity index (χ1) is 19.9. The monoisotopic (exact) mass is 591 g/mol. The lowest BCUT2D eigenvalue weighted by Gasteiger charge is -2.35. The second-order valence-corrected chi connectivity index (χ2v) is 12.2. The van der Waals surface area contributed by atoms with Crippen molar-refractivity contribution in [1.29, 1.82) is 0 Å². The fourth-order valence-electron chi connectivity index (χ4n) is 4.89. The van der Waals surface area contributed by atoms with Crippen molar-refractivity contribution in [2.24, 2.45) is 0 Å². The number of carbonyl (C=O) groups excluding carboxylic acids is 3. The highest BCUT2D eigenvalue weighted by atomic mass is 32.1. The summed E-state index contributed by atoms with van der Waals surface area (Å²) >= 11 is 4.40. The van der Waals surface area contributed by atoms with Gasteiger partial charge in [-0.2, -0.15) is 12.6 Å². The maximum atomic E-state index is 14.2. The molecular weight excluding hydrogens is 546 g/mol. The van der Waals surface area contributed by atoms with Crippen molar-refractivity contribution >= 4 is 47.0 Å². The molecule has 2 atom stereocenters. The number of nitrogens with one attached hydrogen (secondary N) is 2. The van der Waals surface area contributed by atoms with Gasteiger partial charge in [0.15, 0.2) is 0 Å².